The molecule has 0 fully saturated rings. The number of phenols is 2. The van der Waals surface area contributed by atoms with Gasteiger partial charge in [-0.25, -0.2) is 0 Å². The van der Waals surface area contributed by atoms with E-state index in [0.717, 1.165) is 59.3 Å². The largest absolute Gasteiger partial charge is 0.507 e. The molecule has 3 aromatic rings. The molecule has 0 unspecified atom stereocenters. The van der Waals surface area contributed by atoms with Crippen LogP contribution in [-0.4, -0.2) is 22.6 Å². The highest BCUT2D eigenvalue weighted by molar-refractivity contribution is 5.88. The van der Waals surface area contributed by atoms with E-state index in [-0.39, 0.29) is 10.8 Å². The molecule has 0 bridgehead atoms. The Bertz CT molecular complexity index is 1290. The average molecular weight is 569 g/mol. The Labute approximate surface area is 254 Å². The second-order valence-corrected chi connectivity index (χ2v) is 14.6. The van der Waals surface area contributed by atoms with E-state index in [4.69, 9.17) is 0 Å². The van der Waals surface area contributed by atoms with Crippen molar-refractivity contribution < 1.29 is 10.2 Å². The van der Waals surface area contributed by atoms with Gasteiger partial charge in [0.15, 0.2) is 0 Å². The zero-order valence-corrected chi connectivity index (χ0v) is 27.5. The van der Waals surface area contributed by atoms with Crippen molar-refractivity contribution in [2.24, 2.45) is 21.8 Å². The average Bonchev–Trinajstić information content (AvgIpc) is 2.89. The molecule has 2 N–H and O–H groups in total. The molecule has 0 amide bonds. The zero-order valence-electron chi connectivity index (χ0n) is 27.5. The molecule has 4 nitrogen and oxygen atoms in total. The SMILES string of the molecule is CC(C)CCc1cc(C=Nc2ccc(N=Cc3cc(CCC(C)C)cc(C(C)(C)C)c3O)cc2)c(O)c(C(C)(C)C)c1. The fourth-order valence-corrected chi connectivity index (χ4v) is 4.89. The van der Waals surface area contributed by atoms with Gasteiger partial charge in [0, 0.05) is 34.7 Å². The van der Waals surface area contributed by atoms with Crippen LogP contribution in [0.1, 0.15) is 115 Å². The van der Waals surface area contributed by atoms with Crippen molar-refractivity contribution in [3.63, 3.8) is 0 Å². The summed E-state index contributed by atoms with van der Waals surface area (Å²) in [7, 11) is 0. The first-order valence-electron chi connectivity index (χ1n) is 15.5. The molecule has 0 atom stereocenters. The molecule has 0 aromatic heterocycles. The van der Waals surface area contributed by atoms with E-state index < -0.39 is 0 Å². The zero-order chi connectivity index (χ0) is 31.2. The van der Waals surface area contributed by atoms with Crippen LogP contribution in [0.15, 0.2) is 58.5 Å². The summed E-state index contributed by atoms with van der Waals surface area (Å²) in [5, 5.41) is 22.1. The third-order valence-electron chi connectivity index (χ3n) is 7.59. The molecule has 0 heterocycles. The van der Waals surface area contributed by atoms with Crippen LogP contribution in [0, 0.1) is 11.8 Å². The lowest BCUT2D eigenvalue weighted by Gasteiger charge is -2.23. The van der Waals surface area contributed by atoms with Crippen molar-refractivity contribution in [3.05, 3.63) is 81.9 Å². The lowest BCUT2D eigenvalue weighted by Crippen LogP contribution is -2.13. The smallest absolute Gasteiger partial charge is 0.128 e. The van der Waals surface area contributed by atoms with Crippen molar-refractivity contribution in [1.82, 2.24) is 0 Å². The van der Waals surface area contributed by atoms with Crippen LogP contribution >= 0.6 is 0 Å². The Hall–Kier alpha value is -3.40. The monoisotopic (exact) mass is 568 g/mol. The highest BCUT2D eigenvalue weighted by Crippen LogP contribution is 2.36. The number of aryl methyl sites for hydroxylation is 2. The maximum Gasteiger partial charge on any atom is 0.128 e. The normalized spacial score (nSPS) is 12.9. The van der Waals surface area contributed by atoms with Crippen molar-refractivity contribution in [2.75, 3.05) is 0 Å². The second-order valence-electron chi connectivity index (χ2n) is 14.6. The number of benzene rings is 3. The molecule has 3 aromatic carbocycles. The van der Waals surface area contributed by atoms with Gasteiger partial charge in [-0.05, 0) is 95.9 Å². The van der Waals surface area contributed by atoms with E-state index in [9.17, 15) is 10.2 Å². The van der Waals surface area contributed by atoms with E-state index in [1.54, 1.807) is 12.4 Å². The van der Waals surface area contributed by atoms with Gasteiger partial charge >= 0.3 is 0 Å². The summed E-state index contributed by atoms with van der Waals surface area (Å²) in [5.74, 6) is 1.83. The van der Waals surface area contributed by atoms with Gasteiger partial charge in [-0.3, -0.25) is 9.98 Å². The van der Waals surface area contributed by atoms with Crippen LogP contribution in [0.4, 0.5) is 11.4 Å². The summed E-state index contributed by atoms with van der Waals surface area (Å²) >= 11 is 0. The number of rotatable bonds is 10. The van der Waals surface area contributed by atoms with E-state index in [0.29, 0.717) is 23.3 Å². The van der Waals surface area contributed by atoms with Crippen molar-refractivity contribution in [1.29, 1.82) is 0 Å². The van der Waals surface area contributed by atoms with Gasteiger partial charge in [0.25, 0.3) is 0 Å². The highest BCUT2D eigenvalue weighted by Gasteiger charge is 2.22. The van der Waals surface area contributed by atoms with Crippen LogP contribution in [0.25, 0.3) is 0 Å². The summed E-state index contributed by atoms with van der Waals surface area (Å²) in [6.07, 6.45) is 7.67. The molecule has 3 rings (SSSR count). The molecule has 4 heteroatoms. The van der Waals surface area contributed by atoms with Crippen molar-refractivity contribution >= 4 is 23.8 Å². The number of hydrogen-bond donors (Lipinski definition) is 2. The van der Waals surface area contributed by atoms with E-state index >= 15 is 0 Å². The standard InChI is InChI=1S/C38H52N2O2/c1-25(2)11-13-27-19-29(35(41)33(21-27)37(5,6)7)23-39-31-15-17-32(18-16-31)40-24-30-20-28(14-12-26(3)4)22-34(36(30)42)38(8,9)10/h15-26,41-42H,11-14H2,1-10H3. The number of hydrogen-bond acceptors (Lipinski definition) is 4. The number of phenolic OH excluding ortho intramolecular Hbond substituents is 2. The van der Waals surface area contributed by atoms with Gasteiger partial charge in [0.2, 0.25) is 0 Å². The maximum absolute atomic E-state index is 11.1. The summed E-state index contributed by atoms with van der Waals surface area (Å²) in [6.45, 7) is 21.7. The summed E-state index contributed by atoms with van der Waals surface area (Å²) in [5.41, 5.74) is 7.05. The predicted octanol–water partition coefficient (Wildman–Crippen LogP) is 10.4. The first kappa shape index (κ1) is 33.1. The Balaban J connectivity index is 1.86. The number of aromatic hydroxyl groups is 2. The summed E-state index contributed by atoms with van der Waals surface area (Å²) < 4.78 is 0. The predicted molar refractivity (Wildman–Crippen MR) is 181 cm³/mol. The number of aliphatic imine (C=N–C) groups is 2. The molecule has 0 spiro atoms. The van der Waals surface area contributed by atoms with Crippen molar-refractivity contribution in [3.8, 4) is 11.5 Å². The highest BCUT2D eigenvalue weighted by atomic mass is 16.3. The van der Waals surface area contributed by atoms with Crippen LogP contribution in [-0.2, 0) is 23.7 Å². The van der Waals surface area contributed by atoms with Crippen LogP contribution in [0.3, 0.4) is 0 Å². The van der Waals surface area contributed by atoms with Crippen molar-refractivity contribution in [2.45, 2.75) is 106 Å². The van der Waals surface area contributed by atoms with Crippen LogP contribution in [0.5, 0.6) is 11.5 Å². The molecular weight excluding hydrogens is 516 g/mol. The molecule has 226 valence electrons. The fraction of sp³-hybridized carbons (Fsp3) is 0.474. The van der Waals surface area contributed by atoms with Crippen LogP contribution in [0.2, 0.25) is 0 Å². The van der Waals surface area contributed by atoms with Gasteiger partial charge in [-0.1, -0.05) is 81.4 Å². The van der Waals surface area contributed by atoms with Gasteiger partial charge in [0.05, 0.1) is 11.4 Å². The molecule has 42 heavy (non-hydrogen) atoms. The quantitative estimate of drug-likeness (QED) is 0.239. The molecule has 0 aliphatic rings. The minimum Gasteiger partial charge on any atom is -0.507 e. The first-order valence-corrected chi connectivity index (χ1v) is 15.5. The van der Waals surface area contributed by atoms with E-state index in [1.165, 1.54) is 11.1 Å². The Morgan fingerprint density at radius 1 is 0.595 bits per heavy atom. The molecule has 0 radical (unpaired) electrons. The van der Waals surface area contributed by atoms with E-state index in [2.05, 4.69) is 103 Å². The Morgan fingerprint density at radius 3 is 1.21 bits per heavy atom. The van der Waals surface area contributed by atoms with E-state index in [1.807, 2.05) is 24.3 Å². The lowest BCUT2D eigenvalue weighted by atomic mass is 9.83. The first-order chi connectivity index (χ1) is 19.5. The van der Waals surface area contributed by atoms with Crippen LogP contribution < -0.4 is 0 Å². The Morgan fingerprint density at radius 2 is 0.929 bits per heavy atom. The van der Waals surface area contributed by atoms with Gasteiger partial charge in [-0.15, -0.1) is 0 Å². The third kappa shape index (κ3) is 9.31. The number of nitrogens with zero attached hydrogens (tertiary/aromatic N) is 2. The second kappa shape index (κ2) is 13.7. The lowest BCUT2D eigenvalue weighted by molar-refractivity contribution is 0.444. The minimum absolute atomic E-state index is 0.170. The third-order valence-corrected chi connectivity index (χ3v) is 7.59. The minimum atomic E-state index is -0.170. The molecule has 0 aliphatic carbocycles. The van der Waals surface area contributed by atoms with Gasteiger partial charge in [0.1, 0.15) is 11.5 Å². The summed E-state index contributed by atoms with van der Waals surface area (Å²) in [6, 6.07) is 16.1. The molecular formula is C38H52N2O2. The topological polar surface area (TPSA) is 65.2 Å². The summed E-state index contributed by atoms with van der Waals surface area (Å²) in [4.78, 5) is 9.36. The molecule has 0 saturated heterocycles. The van der Waals surface area contributed by atoms with Gasteiger partial charge < -0.3 is 10.2 Å². The molecule has 0 aliphatic heterocycles. The Kier molecular flexibility index (Phi) is 10.8. The maximum atomic E-state index is 11.1. The van der Waals surface area contributed by atoms with Gasteiger partial charge in [-0.2, -0.15) is 0 Å². The fourth-order valence-electron chi connectivity index (χ4n) is 4.89. The molecule has 0 saturated carbocycles.